The van der Waals surface area contributed by atoms with Crippen molar-refractivity contribution in [3.8, 4) is 0 Å². The minimum absolute atomic E-state index is 0.209. The molecule has 3 heterocycles. The Bertz CT molecular complexity index is 643. The van der Waals surface area contributed by atoms with Crippen LogP contribution in [-0.4, -0.2) is 22.6 Å². The third-order valence-corrected chi connectivity index (χ3v) is 3.94. The Balaban J connectivity index is 1.58. The number of nitrogens with one attached hydrogen (secondary N) is 2. The number of amides is 1. The summed E-state index contributed by atoms with van der Waals surface area (Å²) in [5.74, 6) is 0.597. The molecule has 0 spiro atoms. The Morgan fingerprint density at radius 3 is 3.10 bits per heavy atom. The standard InChI is InChI=1S/C13H14N4O3/c18-12(11-8-5-14-4-1-9(8)20-17-11)16-13(2-3-13)10-6-19-7-15-10/h6-7,14H,1-5H2,(H,16,18). The van der Waals surface area contributed by atoms with Gasteiger partial charge in [0.2, 0.25) is 0 Å². The zero-order valence-corrected chi connectivity index (χ0v) is 10.8. The summed E-state index contributed by atoms with van der Waals surface area (Å²) < 4.78 is 10.2. The molecule has 7 heteroatoms. The highest BCUT2D eigenvalue weighted by atomic mass is 16.5. The number of carbonyl (C=O) groups is 1. The highest BCUT2D eigenvalue weighted by Crippen LogP contribution is 2.44. The summed E-state index contributed by atoms with van der Waals surface area (Å²) in [4.78, 5) is 16.5. The molecule has 2 aliphatic rings. The van der Waals surface area contributed by atoms with Gasteiger partial charge in [0.05, 0.1) is 5.54 Å². The van der Waals surface area contributed by atoms with Gasteiger partial charge in [-0.15, -0.1) is 0 Å². The minimum atomic E-state index is -0.391. The summed E-state index contributed by atoms with van der Waals surface area (Å²) in [5.41, 5.74) is 1.62. The number of carbonyl (C=O) groups excluding carboxylic acids is 1. The molecule has 0 atom stereocenters. The van der Waals surface area contributed by atoms with E-state index in [0.29, 0.717) is 12.2 Å². The molecule has 2 aromatic rings. The molecule has 104 valence electrons. The van der Waals surface area contributed by atoms with Crippen molar-refractivity contribution in [1.29, 1.82) is 0 Å². The fraction of sp³-hybridized carbons (Fsp3) is 0.462. The fourth-order valence-corrected chi connectivity index (χ4v) is 2.61. The van der Waals surface area contributed by atoms with Crippen LogP contribution in [0.15, 0.2) is 21.6 Å². The molecule has 1 amide bonds. The molecule has 4 rings (SSSR count). The normalized spacial score (nSPS) is 19.4. The Morgan fingerprint density at radius 2 is 2.35 bits per heavy atom. The van der Waals surface area contributed by atoms with E-state index in [1.165, 1.54) is 6.39 Å². The number of fused-ring (bicyclic) bond motifs is 1. The van der Waals surface area contributed by atoms with Gasteiger partial charge < -0.3 is 19.6 Å². The smallest absolute Gasteiger partial charge is 0.274 e. The van der Waals surface area contributed by atoms with E-state index in [9.17, 15) is 4.79 Å². The Hall–Kier alpha value is -2.15. The first-order chi connectivity index (χ1) is 9.78. The third-order valence-electron chi connectivity index (χ3n) is 3.94. The number of hydrogen-bond donors (Lipinski definition) is 2. The molecule has 0 saturated heterocycles. The molecule has 0 unspecified atom stereocenters. The summed E-state index contributed by atoms with van der Waals surface area (Å²) >= 11 is 0. The zero-order valence-electron chi connectivity index (χ0n) is 10.8. The number of oxazole rings is 1. The summed E-state index contributed by atoms with van der Waals surface area (Å²) in [7, 11) is 0. The predicted molar refractivity (Wildman–Crippen MR) is 66.8 cm³/mol. The molecule has 2 N–H and O–H groups in total. The number of nitrogens with zero attached hydrogens (tertiary/aromatic N) is 2. The molecule has 0 radical (unpaired) electrons. The minimum Gasteiger partial charge on any atom is -0.451 e. The maximum absolute atomic E-state index is 12.4. The Morgan fingerprint density at radius 1 is 1.45 bits per heavy atom. The molecule has 1 saturated carbocycles. The van der Waals surface area contributed by atoms with Crippen LogP contribution in [0.4, 0.5) is 0 Å². The maximum Gasteiger partial charge on any atom is 0.274 e. The monoisotopic (exact) mass is 274 g/mol. The number of aromatic nitrogens is 2. The molecule has 0 bridgehead atoms. The van der Waals surface area contributed by atoms with Crippen LogP contribution in [0.1, 0.15) is 40.3 Å². The van der Waals surface area contributed by atoms with E-state index in [4.69, 9.17) is 8.94 Å². The van der Waals surface area contributed by atoms with E-state index in [1.807, 2.05) is 0 Å². The lowest BCUT2D eigenvalue weighted by molar-refractivity contribution is 0.0919. The van der Waals surface area contributed by atoms with Gasteiger partial charge in [0.25, 0.3) is 5.91 Å². The van der Waals surface area contributed by atoms with Gasteiger partial charge >= 0.3 is 0 Å². The molecular formula is C13H14N4O3. The van der Waals surface area contributed by atoms with Gasteiger partial charge in [-0.25, -0.2) is 4.98 Å². The molecule has 7 nitrogen and oxygen atoms in total. The van der Waals surface area contributed by atoms with E-state index < -0.39 is 5.54 Å². The van der Waals surface area contributed by atoms with Gasteiger partial charge in [-0.3, -0.25) is 4.79 Å². The summed E-state index contributed by atoms with van der Waals surface area (Å²) in [5, 5.41) is 10.2. The van der Waals surface area contributed by atoms with Gasteiger partial charge in [-0.05, 0) is 12.8 Å². The number of hydrogen-bond acceptors (Lipinski definition) is 6. The van der Waals surface area contributed by atoms with Crippen molar-refractivity contribution in [2.45, 2.75) is 31.3 Å². The molecule has 20 heavy (non-hydrogen) atoms. The second-order valence-corrected chi connectivity index (χ2v) is 5.27. The van der Waals surface area contributed by atoms with Crippen LogP contribution in [0.5, 0.6) is 0 Å². The molecule has 1 fully saturated rings. The van der Waals surface area contributed by atoms with Crippen molar-refractivity contribution < 1.29 is 13.7 Å². The van der Waals surface area contributed by atoms with Gasteiger partial charge in [0, 0.05) is 25.1 Å². The first-order valence-corrected chi connectivity index (χ1v) is 6.68. The molecule has 1 aliphatic carbocycles. The fourth-order valence-electron chi connectivity index (χ4n) is 2.61. The topological polar surface area (TPSA) is 93.2 Å². The average molecular weight is 274 g/mol. The SMILES string of the molecule is O=C(NC1(c2cocn2)CC1)c1noc2c1CNCC2. The Kier molecular flexibility index (Phi) is 2.43. The van der Waals surface area contributed by atoms with Crippen LogP contribution in [0.2, 0.25) is 0 Å². The van der Waals surface area contributed by atoms with Crippen molar-refractivity contribution in [1.82, 2.24) is 20.8 Å². The van der Waals surface area contributed by atoms with Gasteiger partial charge in [-0.1, -0.05) is 5.16 Å². The number of rotatable bonds is 3. The van der Waals surface area contributed by atoms with Crippen LogP contribution in [-0.2, 0) is 18.5 Å². The molecule has 2 aromatic heterocycles. The predicted octanol–water partition coefficient (Wildman–Crippen LogP) is 0.727. The van der Waals surface area contributed by atoms with Crippen LogP contribution in [0.3, 0.4) is 0 Å². The van der Waals surface area contributed by atoms with Gasteiger partial charge in [0.15, 0.2) is 12.1 Å². The lowest BCUT2D eigenvalue weighted by Crippen LogP contribution is -2.36. The van der Waals surface area contributed by atoms with Gasteiger partial charge in [0.1, 0.15) is 17.7 Å². The average Bonchev–Trinajstić information content (AvgIpc) is 2.95. The summed E-state index contributed by atoms with van der Waals surface area (Å²) in [6, 6.07) is 0. The maximum atomic E-state index is 12.4. The lowest BCUT2D eigenvalue weighted by atomic mass is 10.1. The quantitative estimate of drug-likeness (QED) is 0.857. The zero-order chi connectivity index (χ0) is 13.6. The molecule has 1 aliphatic heterocycles. The summed E-state index contributed by atoms with van der Waals surface area (Å²) in [6.07, 6.45) is 5.45. The van der Waals surface area contributed by atoms with Crippen molar-refractivity contribution in [3.05, 3.63) is 35.4 Å². The molecular weight excluding hydrogens is 260 g/mol. The van der Waals surface area contributed by atoms with Crippen molar-refractivity contribution in [3.63, 3.8) is 0 Å². The van der Waals surface area contributed by atoms with E-state index in [0.717, 1.165) is 42.8 Å². The van der Waals surface area contributed by atoms with E-state index in [1.54, 1.807) is 6.26 Å². The van der Waals surface area contributed by atoms with Crippen LogP contribution in [0.25, 0.3) is 0 Å². The van der Waals surface area contributed by atoms with E-state index >= 15 is 0 Å². The Labute approximate surface area is 114 Å². The van der Waals surface area contributed by atoms with Crippen molar-refractivity contribution >= 4 is 5.91 Å². The van der Waals surface area contributed by atoms with E-state index in [2.05, 4.69) is 20.8 Å². The second kappa shape index (κ2) is 4.17. The summed E-state index contributed by atoms with van der Waals surface area (Å²) in [6.45, 7) is 1.48. The van der Waals surface area contributed by atoms with Crippen LogP contribution >= 0.6 is 0 Å². The van der Waals surface area contributed by atoms with Gasteiger partial charge in [-0.2, -0.15) is 0 Å². The van der Waals surface area contributed by atoms with Crippen LogP contribution in [0, 0.1) is 0 Å². The second-order valence-electron chi connectivity index (χ2n) is 5.27. The largest absolute Gasteiger partial charge is 0.451 e. The molecule has 0 aromatic carbocycles. The highest BCUT2D eigenvalue weighted by Gasteiger charge is 2.48. The first-order valence-electron chi connectivity index (χ1n) is 6.68. The van der Waals surface area contributed by atoms with E-state index in [-0.39, 0.29) is 5.91 Å². The lowest BCUT2D eigenvalue weighted by Gasteiger charge is -2.15. The highest BCUT2D eigenvalue weighted by molar-refractivity contribution is 5.94. The van der Waals surface area contributed by atoms with Crippen LogP contribution < -0.4 is 10.6 Å². The van der Waals surface area contributed by atoms with Crippen molar-refractivity contribution in [2.75, 3.05) is 6.54 Å². The third kappa shape index (κ3) is 1.74. The first kappa shape index (κ1) is 11.7. The van der Waals surface area contributed by atoms with Crippen molar-refractivity contribution in [2.24, 2.45) is 0 Å².